The molecule has 10 rings (SSSR count). The third kappa shape index (κ3) is 4.48. The molecule has 4 aliphatic rings. The minimum atomic E-state index is -0.440. The molecule has 0 saturated heterocycles. The quantitative estimate of drug-likeness (QED) is 0.170. The Morgan fingerprint density at radius 2 is 0.604 bits per heavy atom. The molecule has 0 atom stereocenters. The standard InChI is InChI=1S/C53H52/c1-49(2)23-25-51(5,6)47-31-43-39(29-45(47)49)37-21-19-35(33-15-11-9-12-16-33)27-41(37)53(43)42-28-36(34-17-13-10-14-18-34)20-22-38(42)40-30-46-48(32-44(40)53)52(7,8)26-24-50(46,3)4/h9-22,27-32H,23-26H2,1-8H3. The SMILES string of the molecule is CC1(C)CCC(C)(C)c2cc3c(cc21)-c1ccc(-c2ccccc2)cc1C31c2cc(-c3ccccc3)ccc2-c2cc3c(cc21)C(C)(C)CCC3(C)C. The first-order chi connectivity index (χ1) is 25.2. The average Bonchev–Trinajstić information content (AvgIpc) is 3.61. The number of hydrogen-bond donors (Lipinski definition) is 0. The van der Waals surface area contributed by atoms with Gasteiger partial charge in [0.2, 0.25) is 0 Å². The fraction of sp³-hybridized carbons (Fsp3) is 0.321. The Morgan fingerprint density at radius 3 is 0.962 bits per heavy atom. The van der Waals surface area contributed by atoms with Gasteiger partial charge in [0.05, 0.1) is 5.41 Å². The van der Waals surface area contributed by atoms with Gasteiger partial charge in [0, 0.05) is 0 Å². The largest absolute Gasteiger partial charge is 0.0726 e. The van der Waals surface area contributed by atoms with E-state index in [4.69, 9.17) is 0 Å². The van der Waals surface area contributed by atoms with Gasteiger partial charge >= 0.3 is 0 Å². The molecule has 0 saturated carbocycles. The van der Waals surface area contributed by atoms with E-state index in [0.29, 0.717) is 0 Å². The van der Waals surface area contributed by atoms with Crippen molar-refractivity contribution in [3.63, 3.8) is 0 Å². The summed E-state index contributed by atoms with van der Waals surface area (Å²) in [5, 5.41) is 0. The molecule has 6 aromatic carbocycles. The summed E-state index contributed by atoms with van der Waals surface area (Å²) in [4.78, 5) is 0. The summed E-state index contributed by atoms with van der Waals surface area (Å²) in [5.41, 5.74) is 22.7. The topological polar surface area (TPSA) is 0 Å². The molecule has 0 N–H and O–H groups in total. The Balaban J connectivity index is 1.39. The molecule has 0 heteroatoms. The number of fused-ring (bicyclic) bond motifs is 12. The highest BCUT2D eigenvalue weighted by atomic mass is 14.6. The number of rotatable bonds is 2. The summed E-state index contributed by atoms with van der Waals surface area (Å²) in [6.07, 6.45) is 4.82. The lowest BCUT2D eigenvalue weighted by molar-refractivity contribution is 0.331. The molecule has 0 amide bonds. The monoisotopic (exact) mass is 688 g/mol. The Hall–Kier alpha value is -4.68. The predicted molar refractivity (Wildman–Crippen MR) is 224 cm³/mol. The Kier molecular flexibility index (Phi) is 6.66. The highest BCUT2D eigenvalue weighted by Gasteiger charge is 2.54. The van der Waals surface area contributed by atoms with E-state index in [-0.39, 0.29) is 21.7 Å². The van der Waals surface area contributed by atoms with Gasteiger partial charge in [-0.25, -0.2) is 0 Å². The molecule has 0 nitrogen and oxygen atoms in total. The van der Waals surface area contributed by atoms with Crippen molar-refractivity contribution in [2.75, 3.05) is 0 Å². The molecule has 0 unspecified atom stereocenters. The molecule has 0 fully saturated rings. The molecule has 0 aliphatic heterocycles. The van der Waals surface area contributed by atoms with Crippen LogP contribution in [0.25, 0.3) is 44.5 Å². The minimum absolute atomic E-state index is 0.100. The van der Waals surface area contributed by atoms with Crippen LogP contribution in [0.1, 0.15) is 126 Å². The van der Waals surface area contributed by atoms with Crippen LogP contribution in [0, 0.1) is 0 Å². The molecule has 53 heavy (non-hydrogen) atoms. The highest BCUT2D eigenvalue weighted by molar-refractivity contribution is 5.98. The Labute approximate surface area is 317 Å². The highest BCUT2D eigenvalue weighted by Crippen LogP contribution is 2.66. The van der Waals surface area contributed by atoms with Crippen LogP contribution in [-0.2, 0) is 27.1 Å². The van der Waals surface area contributed by atoms with Gasteiger partial charge in [0.25, 0.3) is 0 Å². The van der Waals surface area contributed by atoms with Crippen LogP contribution in [0.5, 0.6) is 0 Å². The van der Waals surface area contributed by atoms with Gasteiger partial charge in [0.1, 0.15) is 0 Å². The molecule has 1 spiro atoms. The van der Waals surface area contributed by atoms with Crippen LogP contribution in [0.15, 0.2) is 121 Å². The van der Waals surface area contributed by atoms with Crippen LogP contribution < -0.4 is 0 Å². The van der Waals surface area contributed by atoms with Gasteiger partial charge in [0.15, 0.2) is 0 Å². The predicted octanol–water partition coefficient (Wildman–Crippen LogP) is 14.1. The van der Waals surface area contributed by atoms with E-state index in [9.17, 15) is 0 Å². The second-order valence-corrected chi connectivity index (χ2v) is 19.4. The van der Waals surface area contributed by atoms with E-state index in [1.54, 1.807) is 0 Å². The summed E-state index contributed by atoms with van der Waals surface area (Å²) < 4.78 is 0. The normalized spacial score (nSPS) is 19.8. The van der Waals surface area contributed by atoms with E-state index in [1.165, 1.54) is 115 Å². The van der Waals surface area contributed by atoms with Crippen LogP contribution >= 0.6 is 0 Å². The summed E-state index contributed by atoms with van der Waals surface area (Å²) in [5.74, 6) is 0. The van der Waals surface area contributed by atoms with Crippen molar-refractivity contribution in [3.05, 3.63) is 166 Å². The molecular formula is C53H52. The van der Waals surface area contributed by atoms with Crippen LogP contribution in [0.2, 0.25) is 0 Å². The van der Waals surface area contributed by atoms with Gasteiger partial charge in [-0.2, -0.15) is 0 Å². The summed E-state index contributed by atoms with van der Waals surface area (Å²) in [7, 11) is 0. The lowest BCUT2D eigenvalue weighted by Gasteiger charge is -2.44. The third-order valence-electron chi connectivity index (χ3n) is 14.4. The van der Waals surface area contributed by atoms with Crippen molar-refractivity contribution < 1.29 is 0 Å². The van der Waals surface area contributed by atoms with E-state index >= 15 is 0 Å². The van der Waals surface area contributed by atoms with Crippen molar-refractivity contribution >= 4 is 0 Å². The van der Waals surface area contributed by atoms with Crippen LogP contribution in [0.3, 0.4) is 0 Å². The summed E-state index contributed by atoms with van der Waals surface area (Å²) in [6, 6.07) is 47.5. The van der Waals surface area contributed by atoms with Crippen molar-refractivity contribution in [2.45, 2.75) is 108 Å². The van der Waals surface area contributed by atoms with Gasteiger partial charge in [-0.1, -0.05) is 152 Å². The van der Waals surface area contributed by atoms with E-state index in [0.717, 1.165) is 0 Å². The maximum atomic E-state index is 2.70. The zero-order chi connectivity index (χ0) is 36.7. The van der Waals surface area contributed by atoms with Crippen molar-refractivity contribution in [3.8, 4) is 44.5 Å². The number of benzene rings is 6. The fourth-order valence-electron chi connectivity index (χ4n) is 11.0. The van der Waals surface area contributed by atoms with E-state index < -0.39 is 5.41 Å². The summed E-state index contributed by atoms with van der Waals surface area (Å²) in [6.45, 7) is 19.8. The summed E-state index contributed by atoms with van der Waals surface area (Å²) >= 11 is 0. The lowest BCUT2D eigenvalue weighted by Crippen LogP contribution is -2.36. The molecule has 0 heterocycles. The zero-order valence-corrected chi connectivity index (χ0v) is 32.9. The van der Waals surface area contributed by atoms with Crippen molar-refractivity contribution in [1.29, 1.82) is 0 Å². The minimum Gasteiger partial charge on any atom is -0.0622 e. The van der Waals surface area contributed by atoms with Gasteiger partial charge in [-0.3, -0.25) is 0 Å². The molecular weight excluding hydrogens is 637 g/mol. The van der Waals surface area contributed by atoms with E-state index in [2.05, 4.69) is 177 Å². The first-order valence-electron chi connectivity index (χ1n) is 20.0. The van der Waals surface area contributed by atoms with Crippen LogP contribution in [-0.4, -0.2) is 0 Å². The Bertz CT molecular complexity index is 2310. The van der Waals surface area contributed by atoms with Crippen LogP contribution in [0.4, 0.5) is 0 Å². The molecule has 0 bridgehead atoms. The molecule has 0 radical (unpaired) electrons. The van der Waals surface area contributed by atoms with Gasteiger partial charge in [-0.15, -0.1) is 0 Å². The third-order valence-corrected chi connectivity index (χ3v) is 14.4. The maximum absolute atomic E-state index is 2.70. The second-order valence-electron chi connectivity index (χ2n) is 19.4. The van der Waals surface area contributed by atoms with Crippen molar-refractivity contribution in [2.24, 2.45) is 0 Å². The number of hydrogen-bond acceptors (Lipinski definition) is 0. The first kappa shape index (κ1) is 32.9. The van der Waals surface area contributed by atoms with Crippen molar-refractivity contribution in [1.82, 2.24) is 0 Å². The maximum Gasteiger partial charge on any atom is 0.0726 e. The first-order valence-corrected chi connectivity index (χ1v) is 20.0. The van der Waals surface area contributed by atoms with E-state index in [1.807, 2.05) is 0 Å². The zero-order valence-electron chi connectivity index (χ0n) is 32.9. The molecule has 6 aromatic rings. The fourth-order valence-corrected chi connectivity index (χ4v) is 11.0. The van der Waals surface area contributed by atoms with Gasteiger partial charge in [-0.05, 0) is 161 Å². The van der Waals surface area contributed by atoms with Gasteiger partial charge < -0.3 is 0 Å². The average molecular weight is 689 g/mol. The second kappa shape index (κ2) is 10.7. The Morgan fingerprint density at radius 1 is 0.283 bits per heavy atom. The lowest BCUT2D eigenvalue weighted by atomic mass is 9.60. The smallest absolute Gasteiger partial charge is 0.0622 e. The molecule has 4 aliphatic carbocycles. The molecule has 0 aromatic heterocycles. The molecule has 264 valence electrons.